The molecular weight excluding hydrogens is 299 g/mol. The second-order valence-corrected chi connectivity index (χ2v) is 6.37. The molecule has 0 spiro atoms. The number of ether oxygens (including phenoxy) is 2. The first-order valence-electron chi connectivity index (χ1n) is 7.29. The lowest BCUT2D eigenvalue weighted by Gasteiger charge is -2.32. The molecule has 6 nitrogen and oxygen atoms in total. The van der Waals surface area contributed by atoms with Crippen molar-refractivity contribution in [1.82, 2.24) is 0 Å². The summed E-state index contributed by atoms with van der Waals surface area (Å²) in [5.41, 5.74) is -0.0829. The lowest BCUT2D eigenvalue weighted by Crippen LogP contribution is -2.41. The monoisotopic (exact) mass is 320 g/mol. The molecule has 7 heteroatoms. The van der Waals surface area contributed by atoms with Gasteiger partial charge in [-0.05, 0) is 51.4 Å². The van der Waals surface area contributed by atoms with Gasteiger partial charge in [0, 0.05) is 0 Å². The SMILES string of the molecule is COC(=O)c1ccc(C(=O)OC)c(B2OC(C)(C)C(C)(C)O2)c1. The van der Waals surface area contributed by atoms with Crippen LogP contribution in [0, 0.1) is 0 Å². The molecule has 1 aromatic carbocycles. The topological polar surface area (TPSA) is 71.1 Å². The Bertz CT molecular complexity index is 621. The van der Waals surface area contributed by atoms with E-state index in [1.165, 1.54) is 26.4 Å². The number of esters is 2. The van der Waals surface area contributed by atoms with Crippen LogP contribution in [0.5, 0.6) is 0 Å². The van der Waals surface area contributed by atoms with Crippen LogP contribution in [0.15, 0.2) is 18.2 Å². The Kier molecular flexibility index (Phi) is 4.55. The normalized spacial score (nSPS) is 18.6. The Morgan fingerprint density at radius 3 is 1.96 bits per heavy atom. The second kappa shape index (κ2) is 5.98. The molecule has 0 N–H and O–H groups in total. The first-order valence-corrected chi connectivity index (χ1v) is 7.29. The van der Waals surface area contributed by atoms with Crippen molar-refractivity contribution in [3.63, 3.8) is 0 Å². The van der Waals surface area contributed by atoms with Crippen LogP contribution in [-0.4, -0.2) is 44.5 Å². The van der Waals surface area contributed by atoms with Gasteiger partial charge in [0.25, 0.3) is 0 Å². The zero-order valence-electron chi connectivity index (χ0n) is 14.3. The van der Waals surface area contributed by atoms with E-state index in [4.69, 9.17) is 18.8 Å². The van der Waals surface area contributed by atoms with Gasteiger partial charge >= 0.3 is 19.1 Å². The van der Waals surface area contributed by atoms with Crippen LogP contribution in [0.25, 0.3) is 0 Å². The van der Waals surface area contributed by atoms with E-state index in [1.54, 1.807) is 6.07 Å². The van der Waals surface area contributed by atoms with Crippen molar-refractivity contribution in [2.45, 2.75) is 38.9 Å². The van der Waals surface area contributed by atoms with Crippen molar-refractivity contribution in [2.75, 3.05) is 14.2 Å². The number of methoxy groups -OCH3 is 2. The number of hydrogen-bond donors (Lipinski definition) is 0. The molecule has 1 aliphatic heterocycles. The first-order chi connectivity index (χ1) is 10.6. The molecule has 1 heterocycles. The molecule has 0 atom stereocenters. The van der Waals surface area contributed by atoms with Crippen LogP contribution in [0.4, 0.5) is 0 Å². The van der Waals surface area contributed by atoms with E-state index < -0.39 is 30.3 Å². The highest BCUT2D eigenvalue weighted by Gasteiger charge is 2.52. The maximum atomic E-state index is 12.0. The van der Waals surface area contributed by atoms with E-state index in [0.717, 1.165) is 0 Å². The summed E-state index contributed by atoms with van der Waals surface area (Å²) < 4.78 is 21.5. The minimum Gasteiger partial charge on any atom is -0.465 e. The van der Waals surface area contributed by atoms with Gasteiger partial charge in [0.1, 0.15) is 0 Å². The molecule has 2 rings (SSSR count). The average molecular weight is 320 g/mol. The molecule has 1 fully saturated rings. The van der Waals surface area contributed by atoms with Gasteiger partial charge in [-0.3, -0.25) is 0 Å². The van der Waals surface area contributed by atoms with Crippen molar-refractivity contribution >= 4 is 24.5 Å². The largest absolute Gasteiger partial charge is 0.495 e. The zero-order valence-corrected chi connectivity index (χ0v) is 14.3. The minimum atomic E-state index is -0.779. The van der Waals surface area contributed by atoms with Gasteiger partial charge in [-0.25, -0.2) is 9.59 Å². The maximum absolute atomic E-state index is 12.0. The Morgan fingerprint density at radius 1 is 0.957 bits per heavy atom. The second-order valence-electron chi connectivity index (χ2n) is 6.37. The number of benzene rings is 1. The molecule has 23 heavy (non-hydrogen) atoms. The summed E-state index contributed by atoms with van der Waals surface area (Å²) in [6, 6.07) is 4.56. The van der Waals surface area contributed by atoms with Crippen molar-refractivity contribution in [3.8, 4) is 0 Å². The average Bonchev–Trinajstić information content (AvgIpc) is 2.73. The zero-order chi connectivity index (χ0) is 17.4. The fraction of sp³-hybridized carbons (Fsp3) is 0.500. The van der Waals surface area contributed by atoms with E-state index in [-0.39, 0.29) is 0 Å². The number of rotatable bonds is 3. The molecule has 0 unspecified atom stereocenters. The van der Waals surface area contributed by atoms with Crippen molar-refractivity contribution < 1.29 is 28.4 Å². The molecule has 0 bridgehead atoms. The molecule has 0 aliphatic carbocycles. The third-order valence-electron chi connectivity index (χ3n) is 4.39. The van der Waals surface area contributed by atoms with E-state index in [9.17, 15) is 9.59 Å². The highest BCUT2D eigenvalue weighted by atomic mass is 16.7. The van der Waals surface area contributed by atoms with E-state index in [1.807, 2.05) is 27.7 Å². The van der Waals surface area contributed by atoms with Crippen LogP contribution in [0.1, 0.15) is 48.4 Å². The predicted molar refractivity (Wildman–Crippen MR) is 84.8 cm³/mol. The Morgan fingerprint density at radius 2 is 1.48 bits per heavy atom. The summed E-state index contributed by atoms with van der Waals surface area (Å²) in [5.74, 6) is -1.02. The van der Waals surface area contributed by atoms with E-state index >= 15 is 0 Å². The molecule has 124 valence electrons. The highest BCUT2D eigenvalue weighted by Crippen LogP contribution is 2.36. The highest BCUT2D eigenvalue weighted by molar-refractivity contribution is 6.63. The standard InChI is InChI=1S/C16H21BO6/c1-15(2)16(3,4)23-17(22-15)12-9-10(13(18)20-5)7-8-11(12)14(19)21-6/h7-9H,1-6H3. The van der Waals surface area contributed by atoms with Gasteiger partial charge in [-0.15, -0.1) is 0 Å². The van der Waals surface area contributed by atoms with Gasteiger partial charge < -0.3 is 18.8 Å². The molecule has 1 saturated heterocycles. The molecule has 0 saturated carbocycles. The molecule has 1 aliphatic rings. The maximum Gasteiger partial charge on any atom is 0.495 e. The number of carbonyl (C=O) groups is 2. The fourth-order valence-electron chi connectivity index (χ4n) is 2.27. The summed E-state index contributed by atoms with van der Waals surface area (Å²) >= 11 is 0. The van der Waals surface area contributed by atoms with Crippen molar-refractivity contribution in [1.29, 1.82) is 0 Å². The van der Waals surface area contributed by atoms with Gasteiger partial charge in [0.15, 0.2) is 0 Å². The van der Waals surface area contributed by atoms with Gasteiger partial charge in [-0.2, -0.15) is 0 Å². The quantitative estimate of drug-likeness (QED) is 0.622. The third kappa shape index (κ3) is 3.11. The van der Waals surface area contributed by atoms with Gasteiger partial charge in [-0.1, -0.05) is 0 Å². The minimum absolute atomic E-state index is 0.290. The number of hydrogen-bond acceptors (Lipinski definition) is 6. The summed E-state index contributed by atoms with van der Waals surface area (Å²) in [6.45, 7) is 7.65. The lowest BCUT2D eigenvalue weighted by atomic mass is 9.75. The summed E-state index contributed by atoms with van der Waals surface area (Å²) in [7, 11) is 1.81. The van der Waals surface area contributed by atoms with Crippen molar-refractivity contribution in [3.05, 3.63) is 29.3 Å². The van der Waals surface area contributed by atoms with Crippen molar-refractivity contribution in [2.24, 2.45) is 0 Å². The first kappa shape index (κ1) is 17.5. The summed E-state index contributed by atoms with van der Waals surface area (Å²) in [5, 5.41) is 0. The number of carbonyl (C=O) groups excluding carboxylic acids is 2. The summed E-state index contributed by atoms with van der Waals surface area (Å²) in [4.78, 5) is 23.8. The molecular formula is C16H21BO6. The lowest BCUT2D eigenvalue weighted by molar-refractivity contribution is 0.00578. The molecule has 1 aromatic rings. The van der Waals surface area contributed by atoms with Gasteiger partial charge in [0.2, 0.25) is 0 Å². The smallest absolute Gasteiger partial charge is 0.465 e. The van der Waals surface area contributed by atoms with Crippen LogP contribution in [0.2, 0.25) is 0 Å². The van der Waals surface area contributed by atoms with E-state index in [0.29, 0.717) is 16.6 Å². The summed E-state index contributed by atoms with van der Waals surface area (Å²) in [6.07, 6.45) is 0. The van der Waals surface area contributed by atoms with E-state index in [2.05, 4.69) is 0 Å². The Hall–Kier alpha value is -1.86. The van der Waals surface area contributed by atoms with Crippen LogP contribution in [-0.2, 0) is 18.8 Å². The fourth-order valence-corrected chi connectivity index (χ4v) is 2.27. The van der Waals surface area contributed by atoms with Crippen LogP contribution >= 0.6 is 0 Å². The molecule has 0 amide bonds. The van der Waals surface area contributed by atoms with Crippen LogP contribution < -0.4 is 5.46 Å². The Balaban J connectivity index is 2.50. The Labute approximate surface area is 136 Å². The third-order valence-corrected chi connectivity index (χ3v) is 4.39. The van der Waals surface area contributed by atoms with Crippen LogP contribution in [0.3, 0.4) is 0 Å². The molecule has 0 radical (unpaired) electrons. The predicted octanol–water partition coefficient (Wildman–Crippen LogP) is 1.56. The van der Waals surface area contributed by atoms with Gasteiger partial charge in [0.05, 0.1) is 36.5 Å². The molecule has 0 aromatic heterocycles.